The van der Waals surface area contributed by atoms with Crippen molar-refractivity contribution in [2.24, 2.45) is 0 Å². The molecular weight excluding hydrogens is 310 g/mol. The first-order valence-electron chi connectivity index (χ1n) is 7.25. The van der Waals surface area contributed by atoms with Gasteiger partial charge in [-0.05, 0) is 23.6 Å². The number of aromatic amines is 1. The van der Waals surface area contributed by atoms with E-state index in [2.05, 4.69) is 4.98 Å². The quantitative estimate of drug-likeness (QED) is 0.437. The van der Waals surface area contributed by atoms with Gasteiger partial charge >= 0.3 is 0 Å². The van der Waals surface area contributed by atoms with Crippen LogP contribution in [0.1, 0.15) is 0 Å². The van der Waals surface area contributed by atoms with E-state index in [0.717, 1.165) is 5.39 Å². The second kappa shape index (κ2) is 4.86. The molecule has 24 heavy (non-hydrogen) atoms. The molecule has 1 aromatic heterocycles. The highest BCUT2D eigenvalue weighted by Gasteiger charge is 2.19. The lowest BCUT2D eigenvalue weighted by Gasteiger charge is -2.13. The molecule has 0 aliphatic rings. The molecule has 2 N–H and O–H groups in total. The Labute approximate surface area is 135 Å². The molecule has 6 nitrogen and oxygen atoms in total. The average molecular weight is 323 g/mol. The number of hydrogen-bond donors (Lipinski definition) is 2. The van der Waals surface area contributed by atoms with Crippen LogP contribution < -0.4 is 20.3 Å². The van der Waals surface area contributed by atoms with Gasteiger partial charge in [-0.1, -0.05) is 0 Å². The van der Waals surface area contributed by atoms with Crippen molar-refractivity contribution in [1.29, 1.82) is 0 Å². The number of aromatic hydroxyl groups is 1. The molecule has 4 rings (SSSR count). The number of aromatic nitrogens is 1. The number of ether oxygens (including phenoxy) is 2. The molecule has 6 heteroatoms. The van der Waals surface area contributed by atoms with Gasteiger partial charge in [0.2, 0.25) is 10.9 Å². The van der Waals surface area contributed by atoms with E-state index in [1.165, 1.54) is 26.4 Å². The summed E-state index contributed by atoms with van der Waals surface area (Å²) < 4.78 is 10.3. The fraction of sp³-hybridized carbons (Fsp3) is 0.111. The van der Waals surface area contributed by atoms with Crippen LogP contribution in [0.2, 0.25) is 0 Å². The SMILES string of the molecule is COc1cc2c(cc1=O)c(O)c1[nH]ccc3cc(OC)c(=O)c2c31. The molecule has 0 spiro atoms. The third-order valence-electron chi connectivity index (χ3n) is 4.30. The van der Waals surface area contributed by atoms with Crippen LogP contribution >= 0.6 is 0 Å². The van der Waals surface area contributed by atoms with E-state index in [9.17, 15) is 14.7 Å². The molecule has 0 radical (unpaired) electrons. The van der Waals surface area contributed by atoms with Gasteiger partial charge in [0, 0.05) is 33.8 Å². The molecular formula is C18H13NO5. The van der Waals surface area contributed by atoms with Crippen molar-refractivity contribution in [2.45, 2.75) is 0 Å². The number of H-pyrrole nitrogens is 1. The first kappa shape index (κ1) is 14.3. The summed E-state index contributed by atoms with van der Waals surface area (Å²) in [5.41, 5.74) is -0.270. The average Bonchev–Trinajstić information content (AvgIpc) is 2.59. The Morgan fingerprint density at radius 2 is 1.71 bits per heavy atom. The summed E-state index contributed by atoms with van der Waals surface area (Å²) >= 11 is 0. The predicted octanol–water partition coefficient (Wildman–Crippen LogP) is 2.36. The van der Waals surface area contributed by atoms with Crippen LogP contribution in [-0.2, 0) is 0 Å². The fourth-order valence-corrected chi connectivity index (χ4v) is 3.20. The second-order valence-corrected chi connectivity index (χ2v) is 5.50. The van der Waals surface area contributed by atoms with Crippen LogP contribution in [0.3, 0.4) is 0 Å². The van der Waals surface area contributed by atoms with Crippen molar-refractivity contribution in [3.63, 3.8) is 0 Å². The van der Waals surface area contributed by atoms with Crippen LogP contribution in [-0.4, -0.2) is 24.3 Å². The van der Waals surface area contributed by atoms with Gasteiger partial charge < -0.3 is 19.6 Å². The van der Waals surface area contributed by atoms with E-state index >= 15 is 0 Å². The predicted molar refractivity (Wildman–Crippen MR) is 91.8 cm³/mol. The summed E-state index contributed by atoms with van der Waals surface area (Å²) in [7, 11) is 2.82. The molecule has 1 heterocycles. The number of phenolic OH excluding ortho intramolecular Hbond substituents is 1. The normalized spacial score (nSPS) is 11.4. The largest absolute Gasteiger partial charge is 0.505 e. The number of pyridine rings is 1. The van der Waals surface area contributed by atoms with E-state index in [0.29, 0.717) is 27.1 Å². The lowest BCUT2D eigenvalue weighted by atomic mass is 9.96. The van der Waals surface area contributed by atoms with Crippen molar-refractivity contribution in [3.05, 3.63) is 50.9 Å². The topological polar surface area (TPSA) is 88.6 Å². The number of fused-ring (bicyclic) bond motifs is 2. The number of benzene rings is 3. The zero-order valence-corrected chi connectivity index (χ0v) is 13.0. The van der Waals surface area contributed by atoms with Crippen LogP contribution in [0.4, 0.5) is 0 Å². The van der Waals surface area contributed by atoms with Gasteiger partial charge in [-0.15, -0.1) is 0 Å². The number of rotatable bonds is 2. The minimum Gasteiger partial charge on any atom is -0.505 e. The Bertz CT molecular complexity index is 1230. The Morgan fingerprint density at radius 1 is 0.958 bits per heavy atom. The maximum atomic E-state index is 12.8. The highest BCUT2D eigenvalue weighted by molar-refractivity contribution is 6.23. The standard InChI is InChI=1S/C18H13NO5/c1-23-12-7-9-10(6-11(12)20)17(21)16-14-8(3-4-19-16)5-13(24-2)18(22)15(9)14/h3-7,19,21H,1-2H3. The Balaban J connectivity index is 2.43. The third kappa shape index (κ3) is 1.70. The smallest absolute Gasteiger partial charge is 0.228 e. The monoisotopic (exact) mass is 323 g/mol. The molecule has 0 unspecified atom stereocenters. The minimum absolute atomic E-state index is 0.0765. The lowest BCUT2D eigenvalue weighted by molar-refractivity contribution is 0.411. The lowest BCUT2D eigenvalue weighted by Crippen LogP contribution is -2.09. The summed E-state index contributed by atoms with van der Waals surface area (Å²) in [6, 6.07) is 6.19. The summed E-state index contributed by atoms with van der Waals surface area (Å²) in [6.45, 7) is 0. The summed E-state index contributed by atoms with van der Waals surface area (Å²) in [5, 5.41) is 13.1. The van der Waals surface area contributed by atoms with Gasteiger partial charge in [0.1, 0.15) is 5.75 Å². The van der Waals surface area contributed by atoms with Crippen molar-refractivity contribution < 1.29 is 14.6 Å². The zero-order chi connectivity index (χ0) is 17.0. The molecule has 0 fully saturated rings. The third-order valence-corrected chi connectivity index (χ3v) is 4.30. The zero-order valence-electron chi connectivity index (χ0n) is 13.0. The summed E-state index contributed by atoms with van der Waals surface area (Å²) in [4.78, 5) is 27.9. The van der Waals surface area contributed by atoms with E-state index in [1.807, 2.05) is 0 Å². The van der Waals surface area contributed by atoms with Crippen molar-refractivity contribution >= 4 is 32.4 Å². The molecule has 0 bridgehead atoms. The molecule has 120 valence electrons. The molecule has 0 saturated heterocycles. The van der Waals surface area contributed by atoms with Crippen molar-refractivity contribution in [2.75, 3.05) is 14.2 Å². The fourth-order valence-electron chi connectivity index (χ4n) is 3.20. The number of hydrogen-bond acceptors (Lipinski definition) is 5. The molecule has 3 aromatic carbocycles. The van der Waals surface area contributed by atoms with E-state index in [4.69, 9.17) is 9.47 Å². The van der Waals surface area contributed by atoms with Crippen LogP contribution in [0.25, 0.3) is 32.4 Å². The van der Waals surface area contributed by atoms with Crippen LogP contribution in [0.15, 0.2) is 40.1 Å². The molecule has 0 aliphatic heterocycles. The van der Waals surface area contributed by atoms with Gasteiger partial charge in [-0.25, -0.2) is 0 Å². The van der Waals surface area contributed by atoms with E-state index in [-0.39, 0.29) is 28.1 Å². The Hall–Kier alpha value is -3.28. The minimum atomic E-state index is -0.367. The van der Waals surface area contributed by atoms with Crippen molar-refractivity contribution in [1.82, 2.24) is 4.98 Å². The number of nitrogens with one attached hydrogen (secondary N) is 1. The second-order valence-electron chi connectivity index (χ2n) is 5.50. The first-order chi connectivity index (χ1) is 11.6. The highest BCUT2D eigenvalue weighted by Crippen LogP contribution is 2.39. The molecule has 0 atom stereocenters. The van der Waals surface area contributed by atoms with Gasteiger partial charge in [0.25, 0.3) is 0 Å². The maximum absolute atomic E-state index is 12.8. The molecule has 4 aromatic rings. The van der Waals surface area contributed by atoms with E-state index in [1.54, 1.807) is 18.3 Å². The Kier molecular flexibility index (Phi) is 2.90. The van der Waals surface area contributed by atoms with Crippen LogP contribution in [0.5, 0.6) is 17.2 Å². The molecule has 0 amide bonds. The summed E-state index contributed by atoms with van der Waals surface area (Å²) in [6.07, 6.45) is 1.66. The Morgan fingerprint density at radius 3 is 2.42 bits per heavy atom. The van der Waals surface area contributed by atoms with E-state index < -0.39 is 0 Å². The number of phenols is 1. The van der Waals surface area contributed by atoms with Gasteiger partial charge in [0.05, 0.1) is 19.7 Å². The summed E-state index contributed by atoms with van der Waals surface area (Å²) in [5.74, 6) is 0.236. The van der Waals surface area contributed by atoms with Crippen LogP contribution in [0, 0.1) is 0 Å². The maximum Gasteiger partial charge on any atom is 0.228 e. The van der Waals surface area contributed by atoms with Crippen molar-refractivity contribution in [3.8, 4) is 17.2 Å². The number of methoxy groups -OCH3 is 2. The molecule has 0 aliphatic carbocycles. The van der Waals surface area contributed by atoms with Gasteiger partial charge in [0.15, 0.2) is 11.5 Å². The molecule has 0 saturated carbocycles. The highest BCUT2D eigenvalue weighted by atomic mass is 16.5. The van der Waals surface area contributed by atoms with Gasteiger partial charge in [-0.3, -0.25) is 9.59 Å². The van der Waals surface area contributed by atoms with Gasteiger partial charge in [-0.2, -0.15) is 0 Å². The first-order valence-corrected chi connectivity index (χ1v) is 7.25.